The van der Waals surface area contributed by atoms with E-state index in [1.54, 1.807) is 31.4 Å². The molecule has 0 aliphatic rings. The number of anilines is 2. The van der Waals surface area contributed by atoms with Crippen molar-refractivity contribution in [2.75, 3.05) is 44.5 Å². The van der Waals surface area contributed by atoms with Gasteiger partial charge in [0.25, 0.3) is 0 Å². The minimum atomic E-state index is -0.310. The third kappa shape index (κ3) is 8.13. The number of methoxy groups -OCH3 is 1. The number of halogens is 1. The summed E-state index contributed by atoms with van der Waals surface area (Å²) in [6.07, 6.45) is 0. The topological polar surface area (TPSA) is 91.5 Å². The second-order valence-corrected chi connectivity index (χ2v) is 4.00. The van der Waals surface area contributed by atoms with Crippen LogP contribution < -0.4 is 21.3 Å². The lowest BCUT2D eigenvalue weighted by atomic mass is 10.2. The lowest BCUT2D eigenvalue weighted by Crippen LogP contribution is -2.30. The van der Waals surface area contributed by atoms with Gasteiger partial charge in [-0.3, -0.25) is 4.79 Å². The van der Waals surface area contributed by atoms with Crippen molar-refractivity contribution in [3.63, 3.8) is 0 Å². The molecule has 0 atom stereocenters. The Balaban J connectivity index is 0.00000400. The monoisotopic (exact) mass is 316 g/mol. The summed E-state index contributed by atoms with van der Waals surface area (Å²) in [5, 5.41) is 10.8. The van der Waals surface area contributed by atoms with Gasteiger partial charge >= 0.3 is 6.03 Å². The number of rotatable bonds is 7. The fraction of sp³-hybridized carbons (Fsp3) is 0.385. The highest BCUT2D eigenvalue weighted by atomic mass is 35.5. The lowest BCUT2D eigenvalue weighted by Gasteiger charge is -2.09. The Morgan fingerprint density at radius 2 is 1.86 bits per heavy atom. The van der Waals surface area contributed by atoms with Crippen LogP contribution in [0.25, 0.3) is 0 Å². The third-order valence-corrected chi connectivity index (χ3v) is 2.40. The summed E-state index contributed by atoms with van der Waals surface area (Å²) in [7, 11) is 3.14. The molecule has 4 N–H and O–H groups in total. The number of hydrogen-bond donors (Lipinski definition) is 4. The molecule has 21 heavy (non-hydrogen) atoms. The molecule has 7 nitrogen and oxygen atoms in total. The van der Waals surface area contributed by atoms with Gasteiger partial charge in [0.2, 0.25) is 5.91 Å². The normalized spacial score (nSPS) is 9.43. The Labute approximate surface area is 130 Å². The van der Waals surface area contributed by atoms with E-state index >= 15 is 0 Å². The van der Waals surface area contributed by atoms with E-state index in [4.69, 9.17) is 4.74 Å². The van der Waals surface area contributed by atoms with Crippen LogP contribution in [-0.2, 0) is 9.53 Å². The van der Waals surface area contributed by atoms with Crippen molar-refractivity contribution in [3.05, 3.63) is 24.3 Å². The predicted molar refractivity (Wildman–Crippen MR) is 85.1 cm³/mol. The van der Waals surface area contributed by atoms with E-state index in [2.05, 4.69) is 21.3 Å². The maximum atomic E-state index is 11.7. The van der Waals surface area contributed by atoms with E-state index < -0.39 is 0 Å². The second-order valence-electron chi connectivity index (χ2n) is 4.00. The number of benzene rings is 1. The van der Waals surface area contributed by atoms with Crippen LogP contribution in [0.5, 0.6) is 0 Å². The van der Waals surface area contributed by atoms with E-state index in [0.717, 1.165) is 0 Å². The van der Waals surface area contributed by atoms with Crippen LogP contribution in [0.3, 0.4) is 0 Å². The standard InChI is InChI=1S/C13H20N4O3.ClH/c1-14-13(19)17-11-5-3-4-10(8-11)16-12(18)9-15-6-7-20-2;/h3-5,8,15H,6-7,9H2,1-2H3,(H,16,18)(H2,14,17,19);1H. The highest BCUT2D eigenvalue weighted by Gasteiger charge is 2.03. The molecular weight excluding hydrogens is 296 g/mol. The Morgan fingerprint density at radius 1 is 1.19 bits per heavy atom. The summed E-state index contributed by atoms with van der Waals surface area (Å²) in [5.41, 5.74) is 1.23. The minimum absolute atomic E-state index is 0. The van der Waals surface area contributed by atoms with E-state index in [-0.39, 0.29) is 30.9 Å². The Kier molecular flexibility index (Phi) is 9.95. The zero-order valence-electron chi connectivity index (χ0n) is 12.1. The molecule has 0 saturated carbocycles. The quantitative estimate of drug-likeness (QED) is 0.566. The minimum Gasteiger partial charge on any atom is -0.383 e. The van der Waals surface area contributed by atoms with Crippen LogP contribution in [0.2, 0.25) is 0 Å². The Morgan fingerprint density at radius 3 is 2.48 bits per heavy atom. The number of carbonyl (C=O) groups excluding carboxylic acids is 2. The fourth-order valence-electron chi connectivity index (χ4n) is 1.45. The summed E-state index contributed by atoms with van der Waals surface area (Å²) in [4.78, 5) is 22.8. The second kappa shape index (κ2) is 10.9. The van der Waals surface area contributed by atoms with Gasteiger partial charge in [-0.1, -0.05) is 6.07 Å². The van der Waals surface area contributed by atoms with Crippen molar-refractivity contribution in [2.45, 2.75) is 0 Å². The number of ether oxygens (including phenoxy) is 1. The van der Waals surface area contributed by atoms with Gasteiger partial charge in [-0.25, -0.2) is 4.79 Å². The van der Waals surface area contributed by atoms with Gasteiger partial charge < -0.3 is 26.0 Å². The molecule has 0 aromatic heterocycles. The largest absolute Gasteiger partial charge is 0.383 e. The first-order valence-electron chi connectivity index (χ1n) is 6.24. The van der Waals surface area contributed by atoms with Gasteiger partial charge in [-0.15, -0.1) is 12.4 Å². The van der Waals surface area contributed by atoms with Crippen molar-refractivity contribution in [3.8, 4) is 0 Å². The van der Waals surface area contributed by atoms with Crippen LogP contribution in [-0.4, -0.2) is 45.8 Å². The predicted octanol–water partition coefficient (Wildman–Crippen LogP) is 1.03. The molecule has 0 unspecified atom stereocenters. The lowest BCUT2D eigenvalue weighted by molar-refractivity contribution is -0.115. The van der Waals surface area contributed by atoms with E-state index in [0.29, 0.717) is 24.5 Å². The molecule has 0 heterocycles. The molecule has 8 heteroatoms. The molecule has 0 fully saturated rings. The first-order valence-corrected chi connectivity index (χ1v) is 6.24. The molecular formula is C13H21ClN4O3. The van der Waals surface area contributed by atoms with Gasteiger partial charge in [-0.2, -0.15) is 0 Å². The van der Waals surface area contributed by atoms with Crippen molar-refractivity contribution in [1.82, 2.24) is 10.6 Å². The first kappa shape index (κ1) is 19.2. The Bertz CT molecular complexity index is 457. The van der Waals surface area contributed by atoms with Crippen LogP contribution >= 0.6 is 12.4 Å². The van der Waals surface area contributed by atoms with Crippen LogP contribution in [0.15, 0.2) is 24.3 Å². The highest BCUT2D eigenvalue weighted by Crippen LogP contribution is 2.14. The van der Waals surface area contributed by atoms with Gasteiger partial charge in [-0.05, 0) is 18.2 Å². The van der Waals surface area contributed by atoms with Crippen LogP contribution in [0, 0.1) is 0 Å². The molecule has 3 amide bonds. The molecule has 1 aromatic rings. The zero-order chi connectivity index (χ0) is 14.8. The summed E-state index contributed by atoms with van der Waals surface area (Å²) >= 11 is 0. The molecule has 1 rings (SSSR count). The molecule has 0 spiro atoms. The SMILES string of the molecule is CNC(=O)Nc1cccc(NC(=O)CNCCOC)c1.Cl. The van der Waals surface area contributed by atoms with Crippen LogP contribution in [0.4, 0.5) is 16.2 Å². The maximum absolute atomic E-state index is 11.7. The number of hydrogen-bond acceptors (Lipinski definition) is 4. The average Bonchev–Trinajstić information content (AvgIpc) is 2.44. The maximum Gasteiger partial charge on any atom is 0.318 e. The Hall–Kier alpha value is -1.83. The number of urea groups is 1. The fourth-order valence-corrected chi connectivity index (χ4v) is 1.45. The van der Waals surface area contributed by atoms with Crippen molar-refractivity contribution in [1.29, 1.82) is 0 Å². The van der Waals surface area contributed by atoms with Gasteiger partial charge in [0.1, 0.15) is 0 Å². The number of carbonyl (C=O) groups is 2. The van der Waals surface area contributed by atoms with Gasteiger partial charge in [0.05, 0.1) is 13.2 Å². The van der Waals surface area contributed by atoms with Gasteiger partial charge in [0.15, 0.2) is 0 Å². The van der Waals surface area contributed by atoms with Gasteiger partial charge in [0, 0.05) is 32.1 Å². The molecule has 0 radical (unpaired) electrons. The van der Waals surface area contributed by atoms with E-state index in [9.17, 15) is 9.59 Å². The molecule has 0 aliphatic carbocycles. The van der Waals surface area contributed by atoms with Crippen molar-refractivity contribution in [2.24, 2.45) is 0 Å². The molecule has 0 aliphatic heterocycles. The molecule has 0 bridgehead atoms. The zero-order valence-corrected chi connectivity index (χ0v) is 12.9. The highest BCUT2D eigenvalue weighted by molar-refractivity contribution is 5.94. The first-order chi connectivity index (χ1) is 9.65. The van der Waals surface area contributed by atoms with E-state index in [1.165, 1.54) is 7.05 Å². The summed E-state index contributed by atoms with van der Waals surface area (Å²) in [6, 6.07) is 6.61. The molecule has 118 valence electrons. The van der Waals surface area contributed by atoms with Crippen molar-refractivity contribution >= 4 is 35.7 Å². The summed E-state index contributed by atoms with van der Waals surface area (Å²) in [6.45, 7) is 1.37. The summed E-state index contributed by atoms with van der Waals surface area (Å²) < 4.78 is 4.86. The summed E-state index contributed by atoms with van der Waals surface area (Å²) in [5.74, 6) is -0.154. The third-order valence-electron chi connectivity index (χ3n) is 2.40. The van der Waals surface area contributed by atoms with Crippen molar-refractivity contribution < 1.29 is 14.3 Å². The van der Waals surface area contributed by atoms with Crippen LogP contribution in [0.1, 0.15) is 0 Å². The number of nitrogens with one attached hydrogen (secondary N) is 4. The number of amides is 3. The average molecular weight is 317 g/mol. The van der Waals surface area contributed by atoms with E-state index in [1.807, 2.05) is 0 Å². The molecule has 0 saturated heterocycles. The molecule has 1 aromatic carbocycles. The smallest absolute Gasteiger partial charge is 0.318 e.